The Balaban J connectivity index is 0.00000264. The zero-order chi connectivity index (χ0) is 16.1. The highest BCUT2D eigenvalue weighted by molar-refractivity contribution is 5.96. The molecule has 1 amide bonds. The van der Waals surface area contributed by atoms with Crippen LogP contribution >= 0.6 is 12.4 Å². The van der Waals surface area contributed by atoms with E-state index < -0.39 is 0 Å². The van der Waals surface area contributed by atoms with Crippen LogP contribution in [0.15, 0.2) is 30.3 Å². The standard InChI is InChI=1S/C17H24N4O.ClH/c1-13-16(14(2)20(3)19-13)17(22)21(12-10-18)11-9-15-7-5-4-6-8-15;/h4-8H,9-12,18H2,1-3H3;1H. The summed E-state index contributed by atoms with van der Waals surface area (Å²) in [6.45, 7) is 5.47. The van der Waals surface area contributed by atoms with E-state index in [2.05, 4.69) is 17.2 Å². The fourth-order valence-corrected chi connectivity index (χ4v) is 2.62. The van der Waals surface area contributed by atoms with Gasteiger partial charge in [-0.1, -0.05) is 30.3 Å². The number of carbonyl (C=O) groups excluding carboxylic acids is 1. The molecule has 2 rings (SSSR count). The number of nitrogens with zero attached hydrogens (tertiary/aromatic N) is 3. The quantitative estimate of drug-likeness (QED) is 0.878. The minimum Gasteiger partial charge on any atom is -0.337 e. The summed E-state index contributed by atoms with van der Waals surface area (Å²) in [7, 11) is 1.86. The number of rotatable bonds is 6. The summed E-state index contributed by atoms with van der Waals surface area (Å²) in [5.74, 6) is 0.0180. The fourth-order valence-electron chi connectivity index (χ4n) is 2.62. The number of hydrogen-bond donors (Lipinski definition) is 1. The van der Waals surface area contributed by atoms with Gasteiger partial charge in [-0.05, 0) is 25.8 Å². The third-order valence-electron chi connectivity index (χ3n) is 3.92. The van der Waals surface area contributed by atoms with Gasteiger partial charge in [-0.25, -0.2) is 0 Å². The Morgan fingerprint density at radius 3 is 2.39 bits per heavy atom. The Morgan fingerprint density at radius 2 is 1.87 bits per heavy atom. The fraction of sp³-hybridized carbons (Fsp3) is 0.412. The van der Waals surface area contributed by atoms with E-state index in [0.717, 1.165) is 17.8 Å². The van der Waals surface area contributed by atoms with E-state index in [1.165, 1.54) is 5.56 Å². The smallest absolute Gasteiger partial charge is 0.257 e. The molecule has 0 aliphatic carbocycles. The van der Waals surface area contributed by atoms with Crippen molar-refractivity contribution in [3.05, 3.63) is 52.8 Å². The van der Waals surface area contributed by atoms with Gasteiger partial charge in [0.2, 0.25) is 0 Å². The first-order valence-corrected chi connectivity index (χ1v) is 7.58. The van der Waals surface area contributed by atoms with Crippen LogP contribution in [-0.4, -0.2) is 40.2 Å². The molecule has 0 saturated heterocycles. The molecule has 6 heteroatoms. The van der Waals surface area contributed by atoms with Crippen LogP contribution in [0.1, 0.15) is 27.3 Å². The molecule has 1 aromatic heterocycles. The number of halogens is 1. The molecule has 0 unspecified atom stereocenters. The molecule has 0 spiro atoms. The molecule has 23 heavy (non-hydrogen) atoms. The van der Waals surface area contributed by atoms with Crippen LogP contribution in [0.25, 0.3) is 0 Å². The predicted octanol–water partition coefficient (Wildman–Crippen LogP) is 2.10. The first-order chi connectivity index (χ1) is 10.5. The Morgan fingerprint density at radius 1 is 1.22 bits per heavy atom. The molecule has 2 N–H and O–H groups in total. The lowest BCUT2D eigenvalue weighted by Gasteiger charge is -2.22. The average molecular weight is 337 g/mol. The predicted molar refractivity (Wildman–Crippen MR) is 95.0 cm³/mol. The van der Waals surface area contributed by atoms with Crippen molar-refractivity contribution >= 4 is 18.3 Å². The lowest BCUT2D eigenvalue weighted by molar-refractivity contribution is 0.0760. The topological polar surface area (TPSA) is 64.2 Å². The number of nitrogens with two attached hydrogens (primary N) is 1. The van der Waals surface area contributed by atoms with Gasteiger partial charge in [0.05, 0.1) is 11.3 Å². The second-order valence-corrected chi connectivity index (χ2v) is 5.49. The lowest BCUT2D eigenvalue weighted by atomic mass is 10.1. The number of aromatic nitrogens is 2. The molecule has 2 aromatic rings. The van der Waals surface area contributed by atoms with Crippen molar-refractivity contribution in [1.29, 1.82) is 0 Å². The number of benzene rings is 1. The Kier molecular flexibility index (Phi) is 7.26. The minimum absolute atomic E-state index is 0. The third-order valence-corrected chi connectivity index (χ3v) is 3.92. The van der Waals surface area contributed by atoms with E-state index >= 15 is 0 Å². The van der Waals surface area contributed by atoms with E-state index in [0.29, 0.717) is 25.2 Å². The van der Waals surface area contributed by atoms with Crippen LogP contribution in [0.4, 0.5) is 0 Å². The summed E-state index contributed by atoms with van der Waals surface area (Å²) < 4.78 is 1.75. The molecule has 1 aromatic carbocycles. The highest BCUT2D eigenvalue weighted by Gasteiger charge is 2.22. The summed E-state index contributed by atoms with van der Waals surface area (Å²) in [4.78, 5) is 14.7. The van der Waals surface area contributed by atoms with Crippen LogP contribution in [-0.2, 0) is 13.5 Å². The maximum Gasteiger partial charge on any atom is 0.257 e. The third kappa shape index (κ3) is 4.56. The number of hydrogen-bond acceptors (Lipinski definition) is 3. The van der Waals surface area contributed by atoms with E-state index in [9.17, 15) is 4.79 Å². The number of aryl methyl sites for hydroxylation is 2. The van der Waals surface area contributed by atoms with Crippen LogP contribution in [0.2, 0.25) is 0 Å². The van der Waals surface area contributed by atoms with E-state index in [1.807, 2.05) is 44.0 Å². The minimum atomic E-state index is 0. The average Bonchev–Trinajstić information content (AvgIpc) is 2.77. The summed E-state index contributed by atoms with van der Waals surface area (Å²) in [5, 5.41) is 4.33. The number of carbonyl (C=O) groups is 1. The molecule has 5 nitrogen and oxygen atoms in total. The molecule has 0 aliphatic heterocycles. The monoisotopic (exact) mass is 336 g/mol. The molecule has 126 valence electrons. The van der Waals surface area contributed by atoms with Crippen molar-refractivity contribution in [2.75, 3.05) is 19.6 Å². The zero-order valence-corrected chi connectivity index (χ0v) is 14.8. The van der Waals surface area contributed by atoms with Gasteiger partial charge in [-0.2, -0.15) is 5.10 Å². The van der Waals surface area contributed by atoms with Crippen molar-refractivity contribution in [2.45, 2.75) is 20.3 Å². The zero-order valence-electron chi connectivity index (χ0n) is 14.0. The largest absolute Gasteiger partial charge is 0.337 e. The second-order valence-electron chi connectivity index (χ2n) is 5.49. The highest BCUT2D eigenvalue weighted by Crippen LogP contribution is 2.15. The van der Waals surface area contributed by atoms with Crippen molar-refractivity contribution in [3.63, 3.8) is 0 Å². The molecule has 0 bridgehead atoms. The summed E-state index contributed by atoms with van der Waals surface area (Å²) >= 11 is 0. The Labute approximate surface area is 143 Å². The van der Waals surface area contributed by atoms with Gasteiger partial charge < -0.3 is 10.6 Å². The maximum atomic E-state index is 12.8. The second kappa shape index (κ2) is 8.70. The molecule has 0 saturated carbocycles. The van der Waals surface area contributed by atoms with Crippen molar-refractivity contribution < 1.29 is 4.79 Å². The molecular weight excluding hydrogens is 312 g/mol. The van der Waals surface area contributed by atoms with Gasteiger partial charge >= 0.3 is 0 Å². The van der Waals surface area contributed by atoms with Crippen LogP contribution < -0.4 is 5.73 Å². The van der Waals surface area contributed by atoms with Crippen LogP contribution in [0.5, 0.6) is 0 Å². The molecule has 0 radical (unpaired) electrons. The Hall–Kier alpha value is -1.85. The SMILES string of the molecule is Cc1nn(C)c(C)c1C(=O)N(CCN)CCc1ccccc1.Cl. The van der Waals surface area contributed by atoms with Gasteiger partial charge in [0, 0.05) is 32.4 Å². The van der Waals surface area contributed by atoms with Crippen molar-refractivity contribution in [2.24, 2.45) is 12.8 Å². The number of amides is 1. The van der Waals surface area contributed by atoms with Crippen molar-refractivity contribution in [3.8, 4) is 0 Å². The van der Waals surface area contributed by atoms with Crippen LogP contribution in [0, 0.1) is 13.8 Å². The van der Waals surface area contributed by atoms with E-state index in [4.69, 9.17) is 5.73 Å². The van der Waals surface area contributed by atoms with Gasteiger partial charge in [0.1, 0.15) is 0 Å². The normalized spacial score (nSPS) is 10.3. The van der Waals surface area contributed by atoms with Gasteiger partial charge in [-0.3, -0.25) is 9.48 Å². The summed E-state index contributed by atoms with van der Waals surface area (Å²) in [6, 6.07) is 10.2. The molecule has 0 aliphatic rings. The molecule has 0 atom stereocenters. The molecule has 1 heterocycles. The van der Waals surface area contributed by atoms with E-state index in [1.54, 1.807) is 4.68 Å². The molecular formula is C17H25ClN4O. The van der Waals surface area contributed by atoms with Crippen LogP contribution in [0.3, 0.4) is 0 Å². The van der Waals surface area contributed by atoms with Gasteiger partial charge in [-0.15, -0.1) is 12.4 Å². The van der Waals surface area contributed by atoms with Crippen molar-refractivity contribution in [1.82, 2.24) is 14.7 Å². The highest BCUT2D eigenvalue weighted by atomic mass is 35.5. The van der Waals surface area contributed by atoms with Gasteiger partial charge in [0.25, 0.3) is 5.91 Å². The lowest BCUT2D eigenvalue weighted by Crippen LogP contribution is -2.37. The van der Waals surface area contributed by atoms with Gasteiger partial charge in [0.15, 0.2) is 0 Å². The first-order valence-electron chi connectivity index (χ1n) is 7.58. The maximum absolute atomic E-state index is 12.8. The van der Waals surface area contributed by atoms with E-state index in [-0.39, 0.29) is 18.3 Å². The molecule has 0 fully saturated rings. The summed E-state index contributed by atoms with van der Waals surface area (Å²) in [6.07, 6.45) is 0.824. The Bertz CT molecular complexity index is 640. The first kappa shape index (κ1) is 19.2. The summed E-state index contributed by atoms with van der Waals surface area (Å²) in [5.41, 5.74) is 9.26.